The summed E-state index contributed by atoms with van der Waals surface area (Å²) < 4.78 is 4.84. The molecule has 0 aliphatic carbocycles. The lowest BCUT2D eigenvalue weighted by Crippen LogP contribution is -1.97. The van der Waals surface area contributed by atoms with Gasteiger partial charge in [-0.1, -0.05) is 133 Å². The molecule has 0 unspecified atom stereocenters. The van der Waals surface area contributed by atoms with Crippen LogP contribution < -0.4 is 0 Å². The number of fused-ring (bicyclic) bond motifs is 6. The average Bonchev–Trinajstić information content (AvgIpc) is 3.70. The molecule has 2 aromatic heterocycles. The van der Waals surface area contributed by atoms with Gasteiger partial charge in [0.1, 0.15) is 0 Å². The van der Waals surface area contributed by atoms with Gasteiger partial charge in [0.2, 0.25) is 0 Å². The Labute approximate surface area is 290 Å². The summed E-state index contributed by atoms with van der Waals surface area (Å²) in [5, 5.41) is 4.99. The predicted octanol–water partition coefficient (Wildman–Crippen LogP) is 12.9. The van der Waals surface area contributed by atoms with Crippen LogP contribution in [0.2, 0.25) is 0 Å². The van der Waals surface area contributed by atoms with E-state index in [1.165, 1.54) is 88.4 Å². The summed E-state index contributed by atoms with van der Waals surface area (Å²) in [6, 6.07) is 70.4. The van der Waals surface area contributed by atoms with Crippen molar-refractivity contribution in [1.82, 2.24) is 9.13 Å². The third kappa shape index (κ3) is 4.50. The fraction of sp³-hybridized carbons (Fsp3) is 0. The van der Waals surface area contributed by atoms with E-state index >= 15 is 0 Å². The molecule has 0 bridgehead atoms. The normalized spacial score (nSPS) is 11.6. The van der Waals surface area contributed by atoms with Crippen molar-refractivity contribution in [2.45, 2.75) is 0 Å². The van der Waals surface area contributed by atoms with Crippen LogP contribution in [0.25, 0.3) is 88.4 Å². The van der Waals surface area contributed by atoms with Gasteiger partial charge in [0, 0.05) is 32.8 Å². The molecular formula is C48H32N2. The number of hydrogen-bond donors (Lipinski definition) is 0. The minimum atomic E-state index is 1.17. The lowest BCUT2D eigenvalue weighted by molar-refractivity contribution is 1.18. The maximum atomic E-state index is 2.46. The number of aromatic nitrogens is 2. The maximum Gasteiger partial charge on any atom is 0.0541 e. The maximum absolute atomic E-state index is 2.46. The van der Waals surface area contributed by atoms with Crippen molar-refractivity contribution in [3.8, 4) is 44.8 Å². The third-order valence-corrected chi connectivity index (χ3v) is 10.1. The molecule has 2 nitrogen and oxygen atoms in total. The van der Waals surface area contributed by atoms with Gasteiger partial charge in [0.25, 0.3) is 0 Å². The summed E-state index contributed by atoms with van der Waals surface area (Å²) in [6.45, 7) is 0. The molecule has 0 N–H and O–H groups in total. The molecule has 0 aliphatic heterocycles. The van der Waals surface area contributed by atoms with Crippen LogP contribution in [-0.2, 0) is 0 Å². The summed E-state index contributed by atoms with van der Waals surface area (Å²) in [5.74, 6) is 0. The molecule has 234 valence electrons. The third-order valence-electron chi connectivity index (χ3n) is 10.1. The number of para-hydroxylation sites is 3. The van der Waals surface area contributed by atoms with Crippen LogP contribution in [0.4, 0.5) is 0 Å². The minimum Gasteiger partial charge on any atom is -0.309 e. The van der Waals surface area contributed by atoms with Gasteiger partial charge >= 0.3 is 0 Å². The number of benzene rings is 8. The lowest BCUT2D eigenvalue weighted by Gasteiger charge is -2.15. The van der Waals surface area contributed by atoms with Gasteiger partial charge in [-0.25, -0.2) is 0 Å². The monoisotopic (exact) mass is 636 g/mol. The van der Waals surface area contributed by atoms with Crippen LogP contribution in [0, 0.1) is 0 Å². The minimum absolute atomic E-state index is 1.17. The fourth-order valence-electron chi connectivity index (χ4n) is 7.81. The molecule has 10 rings (SSSR count). The van der Waals surface area contributed by atoms with Gasteiger partial charge in [-0.3, -0.25) is 0 Å². The van der Waals surface area contributed by atoms with Crippen molar-refractivity contribution in [2.75, 3.05) is 0 Å². The highest BCUT2D eigenvalue weighted by atomic mass is 15.0. The van der Waals surface area contributed by atoms with E-state index in [0.717, 1.165) is 0 Å². The van der Waals surface area contributed by atoms with Crippen LogP contribution in [0.15, 0.2) is 194 Å². The zero-order chi connectivity index (χ0) is 33.0. The first kappa shape index (κ1) is 28.4. The van der Waals surface area contributed by atoms with Gasteiger partial charge < -0.3 is 9.13 Å². The Kier molecular flexibility index (Phi) is 6.53. The van der Waals surface area contributed by atoms with Gasteiger partial charge in [0.15, 0.2) is 0 Å². The standard InChI is InChI=1S/C48H32N2/c1-4-14-33(15-5-1)35-24-27-47-42(30-35)43-31-36(34-16-6-2-7-17-34)25-28-48(43)50(47)44-22-12-10-20-39(44)37-26-29-46-41(32-37)40-21-11-13-23-45(40)49(46)38-18-8-3-9-19-38/h1-32H. The molecule has 10 aromatic rings. The van der Waals surface area contributed by atoms with E-state index < -0.39 is 0 Å². The zero-order valence-electron chi connectivity index (χ0n) is 27.4. The molecule has 0 atom stereocenters. The van der Waals surface area contributed by atoms with Gasteiger partial charge in [-0.05, 0) is 88.5 Å². The van der Waals surface area contributed by atoms with Crippen LogP contribution >= 0.6 is 0 Å². The Morgan fingerprint density at radius 1 is 0.260 bits per heavy atom. The highest BCUT2D eigenvalue weighted by Gasteiger charge is 2.19. The van der Waals surface area contributed by atoms with E-state index in [-0.39, 0.29) is 0 Å². The molecule has 0 radical (unpaired) electrons. The van der Waals surface area contributed by atoms with Crippen molar-refractivity contribution in [2.24, 2.45) is 0 Å². The highest BCUT2D eigenvalue weighted by molar-refractivity contribution is 6.13. The number of rotatable bonds is 5. The molecule has 50 heavy (non-hydrogen) atoms. The Morgan fingerprint density at radius 3 is 1.34 bits per heavy atom. The van der Waals surface area contributed by atoms with Crippen molar-refractivity contribution >= 4 is 43.6 Å². The first-order chi connectivity index (χ1) is 24.8. The van der Waals surface area contributed by atoms with Gasteiger partial charge in [-0.15, -0.1) is 0 Å². The zero-order valence-corrected chi connectivity index (χ0v) is 27.4. The second kappa shape index (κ2) is 11.5. The molecular weight excluding hydrogens is 605 g/mol. The van der Waals surface area contributed by atoms with Crippen LogP contribution in [0.5, 0.6) is 0 Å². The summed E-state index contributed by atoms with van der Waals surface area (Å²) in [5.41, 5.74) is 14.4. The van der Waals surface area contributed by atoms with E-state index in [2.05, 4.69) is 203 Å². The SMILES string of the molecule is c1ccc(-c2ccc3c(c2)c2cc(-c4ccccc4)ccc2n3-c2ccccc2-c2ccc3c(c2)c2ccccc2n3-c2ccccc2)cc1. The Bertz CT molecular complexity index is 2740. The summed E-state index contributed by atoms with van der Waals surface area (Å²) in [7, 11) is 0. The van der Waals surface area contributed by atoms with Crippen molar-refractivity contribution in [3.63, 3.8) is 0 Å². The molecule has 8 aromatic carbocycles. The van der Waals surface area contributed by atoms with Gasteiger partial charge in [0.05, 0.1) is 27.8 Å². The Morgan fingerprint density at radius 2 is 0.700 bits per heavy atom. The first-order valence-corrected chi connectivity index (χ1v) is 17.2. The predicted molar refractivity (Wildman–Crippen MR) is 211 cm³/mol. The van der Waals surface area contributed by atoms with Gasteiger partial charge in [-0.2, -0.15) is 0 Å². The average molecular weight is 637 g/mol. The van der Waals surface area contributed by atoms with Crippen LogP contribution in [0.1, 0.15) is 0 Å². The molecule has 0 amide bonds. The summed E-state index contributed by atoms with van der Waals surface area (Å²) in [4.78, 5) is 0. The van der Waals surface area contributed by atoms with E-state index in [9.17, 15) is 0 Å². The van der Waals surface area contributed by atoms with E-state index in [1.807, 2.05) is 0 Å². The molecule has 0 fully saturated rings. The van der Waals surface area contributed by atoms with Crippen molar-refractivity contribution < 1.29 is 0 Å². The Balaban J connectivity index is 1.22. The fourth-order valence-corrected chi connectivity index (χ4v) is 7.81. The van der Waals surface area contributed by atoms with E-state index in [1.54, 1.807) is 0 Å². The first-order valence-electron chi connectivity index (χ1n) is 17.2. The topological polar surface area (TPSA) is 9.86 Å². The molecule has 0 saturated carbocycles. The molecule has 0 saturated heterocycles. The van der Waals surface area contributed by atoms with Crippen molar-refractivity contribution in [3.05, 3.63) is 194 Å². The van der Waals surface area contributed by atoms with Crippen molar-refractivity contribution in [1.29, 1.82) is 0 Å². The smallest absolute Gasteiger partial charge is 0.0541 e. The molecule has 0 spiro atoms. The van der Waals surface area contributed by atoms with E-state index in [0.29, 0.717) is 0 Å². The summed E-state index contributed by atoms with van der Waals surface area (Å²) in [6.07, 6.45) is 0. The molecule has 2 heteroatoms. The van der Waals surface area contributed by atoms with Crippen LogP contribution in [0.3, 0.4) is 0 Å². The largest absolute Gasteiger partial charge is 0.309 e. The lowest BCUT2D eigenvalue weighted by atomic mass is 10.0. The second-order valence-electron chi connectivity index (χ2n) is 13.0. The summed E-state index contributed by atoms with van der Waals surface area (Å²) >= 11 is 0. The van der Waals surface area contributed by atoms with Crippen LogP contribution in [-0.4, -0.2) is 9.13 Å². The molecule has 0 aliphatic rings. The quantitative estimate of drug-likeness (QED) is 0.178. The number of nitrogens with zero attached hydrogens (tertiary/aromatic N) is 2. The highest BCUT2D eigenvalue weighted by Crippen LogP contribution is 2.41. The second-order valence-corrected chi connectivity index (χ2v) is 13.0. The number of hydrogen-bond acceptors (Lipinski definition) is 0. The van der Waals surface area contributed by atoms with E-state index in [4.69, 9.17) is 0 Å². The Hall–Kier alpha value is -6.64. The molecule has 2 heterocycles.